The standard InChI is InChI=1S/C7H8N4O2S/c1-10-5(12)2-4(6(10)13)11-3-8-9-7(11)14/h3-4H,2H2,1H3,(H,9,14). The van der Waals surface area contributed by atoms with Gasteiger partial charge in [-0.3, -0.25) is 24.2 Å². The molecular formula is C7H8N4O2S. The number of carbonyl (C=O) groups excluding carboxylic acids is 2. The third-order valence-corrected chi connectivity index (χ3v) is 2.57. The molecular weight excluding hydrogens is 204 g/mol. The quantitative estimate of drug-likeness (QED) is 0.520. The molecule has 1 aliphatic rings. The first-order chi connectivity index (χ1) is 6.61. The van der Waals surface area contributed by atoms with E-state index < -0.39 is 6.04 Å². The molecule has 1 aliphatic heterocycles. The van der Waals surface area contributed by atoms with Gasteiger partial charge in [-0.15, -0.1) is 0 Å². The fraction of sp³-hybridized carbons (Fsp3) is 0.429. The molecule has 0 saturated carbocycles. The number of aromatic nitrogens is 3. The lowest BCUT2D eigenvalue weighted by atomic mass is 10.2. The maximum absolute atomic E-state index is 11.6. The van der Waals surface area contributed by atoms with Crippen molar-refractivity contribution in [2.45, 2.75) is 12.5 Å². The van der Waals surface area contributed by atoms with Gasteiger partial charge in [0.05, 0.1) is 6.42 Å². The van der Waals surface area contributed by atoms with E-state index in [-0.39, 0.29) is 18.2 Å². The Hall–Kier alpha value is -1.50. The number of amides is 2. The Morgan fingerprint density at radius 1 is 1.64 bits per heavy atom. The largest absolute Gasteiger partial charge is 0.294 e. The number of hydrogen-bond acceptors (Lipinski definition) is 4. The minimum Gasteiger partial charge on any atom is -0.294 e. The molecule has 1 atom stereocenters. The van der Waals surface area contributed by atoms with Crippen molar-refractivity contribution in [2.24, 2.45) is 0 Å². The molecule has 2 heterocycles. The molecule has 1 aromatic rings. The van der Waals surface area contributed by atoms with Gasteiger partial charge in [0.1, 0.15) is 12.4 Å². The van der Waals surface area contributed by atoms with Gasteiger partial charge < -0.3 is 0 Å². The molecule has 14 heavy (non-hydrogen) atoms. The van der Waals surface area contributed by atoms with Crippen molar-refractivity contribution in [1.82, 2.24) is 19.7 Å². The number of carbonyl (C=O) groups is 2. The molecule has 0 radical (unpaired) electrons. The zero-order chi connectivity index (χ0) is 10.3. The monoisotopic (exact) mass is 212 g/mol. The van der Waals surface area contributed by atoms with Crippen LogP contribution in [-0.2, 0) is 9.59 Å². The average Bonchev–Trinajstić information content (AvgIpc) is 2.66. The lowest BCUT2D eigenvalue weighted by Gasteiger charge is -2.08. The van der Waals surface area contributed by atoms with Crippen LogP contribution in [0.5, 0.6) is 0 Å². The Kier molecular flexibility index (Phi) is 1.95. The van der Waals surface area contributed by atoms with Crippen LogP contribution in [-0.4, -0.2) is 38.5 Å². The van der Waals surface area contributed by atoms with E-state index in [1.54, 1.807) is 0 Å². The first kappa shape index (κ1) is 9.07. The van der Waals surface area contributed by atoms with E-state index in [2.05, 4.69) is 10.2 Å². The lowest BCUT2D eigenvalue weighted by molar-refractivity contribution is -0.137. The Morgan fingerprint density at radius 2 is 2.36 bits per heavy atom. The molecule has 1 unspecified atom stereocenters. The molecule has 0 aromatic carbocycles. The van der Waals surface area contributed by atoms with Crippen LogP contribution in [0.3, 0.4) is 0 Å². The maximum Gasteiger partial charge on any atom is 0.252 e. The molecule has 0 bridgehead atoms. The highest BCUT2D eigenvalue weighted by molar-refractivity contribution is 7.71. The summed E-state index contributed by atoms with van der Waals surface area (Å²) in [5.74, 6) is -0.435. The molecule has 1 N–H and O–H groups in total. The number of hydrogen-bond donors (Lipinski definition) is 1. The van der Waals surface area contributed by atoms with E-state index in [0.717, 1.165) is 4.90 Å². The van der Waals surface area contributed by atoms with Crippen molar-refractivity contribution in [1.29, 1.82) is 0 Å². The van der Waals surface area contributed by atoms with Crippen LogP contribution in [0.2, 0.25) is 0 Å². The predicted molar refractivity (Wildman–Crippen MR) is 48.8 cm³/mol. The molecule has 1 aromatic heterocycles. The van der Waals surface area contributed by atoms with Crippen molar-refractivity contribution in [3.63, 3.8) is 0 Å². The van der Waals surface area contributed by atoms with E-state index in [4.69, 9.17) is 12.2 Å². The number of aromatic amines is 1. The van der Waals surface area contributed by atoms with Crippen LogP contribution in [0.4, 0.5) is 0 Å². The molecule has 0 spiro atoms. The highest BCUT2D eigenvalue weighted by atomic mass is 32.1. The summed E-state index contributed by atoms with van der Waals surface area (Å²) in [6, 6.07) is -0.529. The number of rotatable bonds is 1. The highest BCUT2D eigenvalue weighted by Gasteiger charge is 2.37. The second-order valence-corrected chi connectivity index (χ2v) is 3.47. The van der Waals surface area contributed by atoms with Crippen molar-refractivity contribution >= 4 is 24.0 Å². The maximum atomic E-state index is 11.6. The van der Waals surface area contributed by atoms with Gasteiger partial charge in [-0.25, -0.2) is 0 Å². The Labute approximate surface area is 84.5 Å². The van der Waals surface area contributed by atoms with Crippen molar-refractivity contribution in [2.75, 3.05) is 7.05 Å². The SMILES string of the molecule is CN1C(=O)CC(n2cn[nH]c2=S)C1=O. The van der Waals surface area contributed by atoms with Gasteiger partial charge in [-0.2, -0.15) is 5.10 Å². The minimum absolute atomic E-state index is 0.156. The van der Waals surface area contributed by atoms with Crippen LogP contribution in [0.1, 0.15) is 12.5 Å². The first-order valence-corrected chi connectivity index (χ1v) is 4.44. The fourth-order valence-electron chi connectivity index (χ4n) is 1.43. The summed E-state index contributed by atoms with van der Waals surface area (Å²) >= 11 is 4.92. The van der Waals surface area contributed by atoms with Gasteiger partial charge in [0.25, 0.3) is 5.91 Å². The molecule has 1 saturated heterocycles. The number of nitrogens with zero attached hydrogens (tertiary/aromatic N) is 3. The summed E-state index contributed by atoms with van der Waals surface area (Å²) in [5.41, 5.74) is 0. The van der Waals surface area contributed by atoms with Gasteiger partial charge >= 0.3 is 0 Å². The molecule has 0 aliphatic carbocycles. The summed E-state index contributed by atoms with van der Waals surface area (Å²) in [4.78, 5) is 23.9. The second-order valence-electron chi connectivity index (χ2n) is 3.08. The van der Waals surface area contributed by atoms with Crippen molar-refractivity contribution in [3.8, 4) is 0 Å². The zero-order valence-electron chi connectivity index (χ0n) is 7.43. The van der Waals surface area contributed by atoms with Crippen molar-refractivity contribution < 1.29 is 9.59 Å². The molecule has 1 fully saturated rings. The number of H-pyrrole nitrogens is 1. The summed E-state index contributed by atoms with van der Waals surface area (Å²) in [7, 11) is 1.47. The Bertz CT molecular complexity index is 449. The molecule has 2 rings (SSSR count). The van der Waals surface area contributed by atoms with E-state index in [1.807, 2.05) is 0 Å². The lowest BCUT2D eigenvalue weighted by Crippen LogP contribution is -2.26. The van der Waals surface area contributed by atoms with Gasteiger partial charge in [0.15, 0.2) is 4.77 Å². The van der Waals surface area contributed by atoms with Gasteiger partial charge in [0, 0.05) is 7.05 Å². The molecule has 74 valence electrons. The summed E-state index contributed by atoms with van der Waals surface area (Å²) in [5, 5.41) is 6.24. The Balaban J connectivity index is 2.39. The normalized spacial score (nSPS) is 22.1. The summed E-state index contributed by atoms with van der Waals surface area (Å²) in [6.45, 7) is 0. The number of likely N-dealkylation sites (tertiary alicyclic amines) is 1. The second kappa shape index (κ2) is 3.02. The number of nitrogens with one attached hydrogen (secondary N) is 1. The summed E-state index contributed by atoms with van der Waals surface area (Å²) in [6.07, 6.45) is 1.58. The van der Waals surface area contributed by atoms with E-state index in [0.29, 0.717) is 4.77 Å². The third-order valence-electron chi connectivity index (χ3n) is 2.27. The molecule has 6 nitrogen and oxygen atoms in total. The average molecular weight is 212 g/mol. The summed E-state index contributed by atoms with van der Waals surface area (Å²) < 4.78 is 1.85. The number of imide groups is 1. The van der Waals surface area contributed by atoms with Crippen LogP contribution in [0, 0.1) is 4.77 Å². The van der Waals surface area contributed by atoms with Gasteiger partial charge in [0.2, 0.25) is 5.91 Å². The van der Waals surface area contributed by atoms with Crippen molar-refractivity contribution in [3.05, 3.63) is 11.1 Å². The fourth-order valence-corrected chi connectivity index (χ4v) is 1.66. The third kappa shape index (κ3) is 1.17. The highest BCUT2D eigenvalue weighted by Crippen LogP contribution is 2.22. The smallest absolute Gasteiger partial charge is 0.252 e. The van der Waals surface area contributed by atoms with E-state index in [1.165, 1.54) is 17.9 Å². The van der Waals surface area contributed by atoms with Crippen LogP contribution < -0.4 is 0 Å². The Morgan fingerprint density at radius 3 is 2.79 bits per heavy atom. The van der Waals surface area contributed by atoms with Crippen LogP contribution in [0.25, 0.3) is 0 Å². The molecule has 2 amide bonds. The molecule has 7 heteroatoms. The van der Waals surface area contributed by atoms with E-state index >= 15 is 0 Å². The van der Waals surface area contributed by atoms with Crippen LogP contribution >= 0.6 is 12.2 Å². The van der Waals surface area contributed by atoms with Crippen LogP contribution in [0.15, 0.2) is 6.33 Å². The minimum atomic E-state index is -0.529. The zero-order valence-corrected chi connectivity index (χ0v) is 8.24. The first-order valence-electron chi connectivity index (χ1n) is 4.03. The predicted octanol–water partition coefficient (Wildman–Crippen LogP) is -0.130. The van der Waals surface area contributed by atoms with E-state index in [9.17, 15) is 9.59 Å². The van der Waals surface area contributed by atoms with Gasteiger partial charge in [-0.1, -0.05) is 0 Å². The topological polar surface area (TPSA) is 71.0 Å². The van der Waals surface area contributed by atoms with Gasteiger partial charge in [-0.05, 0) is 12.2 Å². The number of likely N-dealkylation sites (N-methyl/N-ethyl adjacent to an activating group) is 1.